The number of hydrogen-bond acceptors (Lipinski definition) is 3. The van der Waals surface area contributed by atoms with Crippen molar-refractivity contribution in [1.29, 1.82) is 0 Å². The van der Waals surface area contributed by atoms with Crippen molar-refractivity contribution >= 4 is 21.6 Å². The normalized spacial score (nSPS) is 13.9. The Labute approximate surface area is 186 Å². The van der Waals surface area contributed by atoms with Gasteiger partial charge in [0.25, 0.3) is 0 Å². The summed E-state index contributed by atoms with van der Waals surface area (Å²) in [6.07, 6.45) is 6.91. The summed E-state index contributed by atoms with van der Waals surface area (Å²) in [6, 6.07) is 13.9. The summed E-state index contributed by atoms with van der Waals surface area (Å²) in [7, 11) is -3.62. The number of benzene rings is 2. The van der Waals surface area contributed by atoms with E-state index in [0.29, 0.717) is 5.02 Å². The molecule has 2 atom stereocenters. The molecule has 0 saturated heterocycles. The van der Waals surface area contributed by atoms with Crippen LogP contribution in [-0.4, -0.2) is 20.1 Å². The lowest BCUT2D eigenvalue weighted by Gasteiger charge is -2.24. The van der Waals surface area contributed by atoms with Crippen LogP contribution in [0.5, 0.6) is 0 Å². The predicted molar refractivity (Wildman–Crippen MR) is 124 cm³/mol. The lowest BCUT2D eigenvalue weighted by Crippen LogP contribution is -2.32. The first-order chi connectivity index (χ1) is 14.3. The Hall–Kier alpha value is -1.40. The minimum absolute atomic E-state index is 0.189. The molecule has 0 aliphatic rings. The molecule has 0 aromatic heterocycles. The Morgan fingerprint density at radius 3 is 2.17 bits per heavy atom. The highest BCUT2D eigenvalue weighted by atomic mass is 35.5. The first kappa shape index (κ1) is 24.9. The van der Waals surface area contributed by atoms with Crippen LogP contribution in [0.4, 0.5) is 0 Å². The molecule has 4 nitrogen and oxygen atoms in total. The number of nitrogens with one attached hydrogen (secondary N) is 1. The van der Waals surface area contributed by atoms with Gasteiger partial charge in [-0.15, -0.1) is 0 Å². The molecule has 0 bridgehead atoms. The number of sulfonamides is 1. The molecular weight excluding hydrogens is 418 g/mol. The Bertz CT molecular complexity index is 851. The van der Waals surface area contributed by atoms with E-state index in [1.165, 1.54) is 25.7 Å². The van der Waals surface area contributed by atoms with Gasteiger partial charge < -0.3 is 5.11 Å². The van der Waals surface area contributed by atoms with Gasteiger partial charge >= 0.3 is 0 Å². The predicted octanol–water partition coefficient (Wildman–Crippen LogP) is 6.03. The molecule has 2 N–H and O–H groups in total. The van der Waals surface area contributed by atoms with Crippen molar-refractivity contribution in [3.8, 4) is 0 Å². The van der Waals surface area contributed by atoms with Crippen LogP contribution in [0.15, 0.2) is 53.4 Å². The fraction of sp³-hybridized carbons (Fsp3) is 0.500. The fourth-order valence-electron chi connectivity index (χ4n) is 3.51. The maximum atomic E-state index is 12.7. The Kier molecular flexibility index (Phi) is 10.3. The average molecular weight is 452 g/mol. The molecule has 0 aliphatic carbocycles. The third-order valence-electron chi connectivity index (χ3n) is 5.45. The van der Waals surface area contributed by atoms with Crippen molar-refractivity contribution in [2.45, 2.75) is 69.8 Å². The molecule has 0 spiro atoms. The summed E-state index contributed by atoms with van der Waals surface area (Å²) < 4.78 is 28.1. The second-order valence-electron chi connectivity index (χ2n) is 7.98. The molecule has 0 unspecified atom stereocenters. The van der Waals surface area contributed by atoms with Crippen LogP contribution in [0.3, 0.4) is 0 Å². The molecule has 2 aromatic rings. The molecule has 0 fully saturated rings. The summed E-state index contributed by atoms with van der Waals surface area (Å²) in [5, 5.41) is 11.5. The molecule has 0 radical (unpaired) electrons. The molecule has 0 saturated carbocycles. The van der Waals surface area contributed by atoms with Crippen LogP contribution in [0, 0.1) is 12.8 Å². The maximum Gasteiger partial charge on any atom is 0.240 e. The van der Waals surface area contributed by atoms with E-state index in [-0.39, 0.29) is 17.4 Å². The highest BCUT2D eigenvalue weighted by Crippen LogP contribution is 2.28. The minimum Gasteiger partial charge on any atom is -0.388 e. The van der Waals surface area contributed by atoms with Gasteiger partial charge in [0.1, 0.15) is 0 Å². The molecule has 0 heterocycles. The van der Waals surface area contributed by atoms with Crippen molar-refractivity contribution in [1.82, 2.24) is 4.72 Å². The fourth-order valence-corrected chi connectivity index (χ4v) is 4.73. The minimum atomic E-state index is -3.62. The SMILES string of the molecule is CCCCCCCC[C@H](CNS(=O)(=O)c1ccc(C)cc1)[C@H](O)c1ccc(Cl)cc1. The van der Waals surface area contributed by atoms with E-state index in [0.717, 1.165) is 30.4 Å². The van der Waals surface area contributed by atoms with Gasteiger partial charge in [0, 0.05) is 17.5 Å². The average Bonchev–Trinajstić information content (AvgIpc) is 2.73. The summed E-state index contributed by atoms with van der Waals surface area (Å²) in [5.41, 5.74) is 1.76. The van der Waals surface area contributed by atoms with Crippen molar-refractivity contribution in [3.05, 3.63) is 64.7 Å². The van der Waals surface area contributed by atoms with Crippen LogP contribution < -0.4 is 4.72 Å². The maximum absolute atomic E-state index is 12.7. The highest BCUT2D eigenvalue weighted by Gasteiger charge is 2.23. The third-order valence-corrected chi connectivity index (χ3v) is 7.14. The quantitative estimate of drug-likeness (QED) is 0.365. The number of rotatable bonds is 13. The third kappa shape index (κ3) is 8.03. The lowest BCUT2D eigenvalue weighted by molar-refractivity contribution is 0.103. The zero-order valence-electron chi connectivity index (χ0n) is 18.0. The molecule has 30 heavy (non-hydrogen) atoms. The Morgan fingerprint density at radius 1 is 0.933 bits per heavy atom. The second kappa shape index (κ2) is 12.5. The van der Waals surface area contributed by atoms with E-state index in [2.05, 4.69) is 11.6 Å². The van der Waals surface area contributed by atoms with Gasteiger partial charge in [-0.05, 0) is 43.2 Å². The van der Waals surface area contributed by atoms with Gasteiger partial charge in [0.2, 0.25) is 10.0 Å². The number of unbranched alkanes of at least 4 members (excludes halogenated alkanes) is 5. The number of hydrogen-bond donors (Lipinski definition) is 2. The molecule has 166 valence electrons. The zero-order valence-corrected chi connectivity index (χ0v) is 19.6. The second-order valence-corrected chi connectivity index (χ2v) is 10.2. The molecule has 6 heteroatoms. The highest BCUT2D eigenvalue weighted by molar-refractivity contribution is 7.89. The van der Waals surface area contributed by atoms with E-state index in [1.54, 1.807) is 48.5 Å². The van der Waals surface area contributed by atoms with E-state index in [1.807, 2.05) is 6.92 Å². The van der Waals surface area contributed by atoms with Crippen LogP contribution >= 0.6 is 11.6 Å². The number of halogens is 1. The Morgan fingerprint density at radius 2 is 1.53 bits per heavy atom. The van der Waals surface area contributed by atoms with Crippen molar-refractivity contribution in [3.63, 3.8) is 0 Å². The summed E-state index contributed by atoms with van der Waals surface area (Å²) in [6.45, 7) is 4.30. The van der Waals surface area contributed by atoms with Gasteiger partial charge in [-0.25, -0.2) is 13.1 Å². The van der Waals surface area contributed by atoms with E-state index in [9.17, 15) is 13.5 Å². The number of aliphatic hydroxyl groups excluding tert-OH is 1. The van der Waals surface area contributed by atoms with Crippen LogP contribution in [0.25, 0.3) is 0 Å². The van der Waals surface area contributed by atoms with Gasteiger partial charge in [0.15, 0.2) is 0 Å². The van der Waals surface area contributed by atoms with E-state index < -0.39 is 16.1 Å². The Balaban J connectivity index is 2.04. The smallest absolute Gasteiger partial charge is 0.240 e. The molecular formula is C24H34ClNO3S. The van der Waals surface area contributed by atoms with Gasteiger partial charge in [0.05, 0.1) is 11.0 Å². The summed E-state index contributed by atoms with van der Waals surface area (Å²) >= 11 is 5.97. The van der Waals surface area contributed by atoms with Crippen LogP contribution in [0.2, 0.25) is 5.02 Å². The molecule has 2 aromatic carbocycles. The monoisotopic (exact) mass is 451 g/mol. The molecule has 2 rings (SSSR count). The summed E-state index contributed by atoms with van der Waals surface area (Å²) in [5.74, 6) is -0.211. The first-order valence-electron chi connectivity index (χ1n) is 10.8. The molecule has 0 aliphatic heterocycles. The number of aliphatic hydroxyl groups is 1. The van der Waals surface area contributed by atoms with Crippen LogP contribution in [0.1, 0.15) is 69.1 Å². The van der Waals surface area contributed by atoms with E-state index in [4.69, 9.17) is 11.6 Å². The topological polar surface area (TPSA) is 66.4 Å². The van der Waals surface area contributed by atoms with Gasteiger partial charge in [-0.3, -0.25) is 0 Å². The lowest BCUT2D eigenvalue weighted by atomic mass is 9.90. The van der Waals surface area contributed by atoms with Crippen LogP contribution in [-0.2, 0) is 10.0 Å². The van der Waals surface area contributed by atoms with Crippen molar-refractivity contribution in [2.75, 3.05) is 6.54 Å². The molecule has 0 amide bonds. The number of aryl methyl sites for hydroxylation is 1. The zero-order chi connectivity index (χ0) is 22.0. The summed E-state index contributed by atoms with van der Waals surface area (Å²) in [4.78, 5) is 0.243. The van der Waals surface area contributed by atoms with Crippen molar-refractivity contribution in [2.24, 2.45) is 5.92 Å². The van der Waals surface area contributed by atoms with Crippen molar-refractivity contribution < 1.29 is 13.5 Å². The van der Waals surface area contributed by atoms with E-state index >= 15 is 0 Å². The largest absolute Gasteiger partial charge is 0.388 e. The van der Waals surface area contributed by atoms with Gasteiger partial charge in [-0.2, -0.15) is 0 Å². The standard InChI is InChI=1S/C24H34ClNO3S/c1-3-4-5-6-7-8-9-21(24(27)20-12-14-22(25)15-13-20)18-26-30(28,29)23-16-10-19(2)11-17-23/h10-17,21,24,26-27H,3-9,18H2,1-2H3/t21-,24-/m1/s1. The first-order valence-corrected chi connectivity index (χ1v) is 12.7. The van der Waals surface area contributed by atoms with Gasteiger partial charge in [-0.1, -0.05) is 86.9 Å².